The lowest BCUT2D eigenvalue weighted by atomic mass is 9.89. The third-order valence-corrected chi connectivity index (χ3v) is 3.25. The molecule has 0 bridgehead atoms. The Balaban J connectivity index is 2.09. The topological polar surface area (TPSA) is 38.7 Å². The minimum atomic E-state index is 0.0450. The molecule has 3 heteroatoms. The number of aliphatic hydroxyl groups is 1. The second-order valence-electron chi connectivity index (χ2n) is 4.35. The summed E-state index contributed by atoms with van der Waals surface area (Å²) in [5.74, 6) is 0.989. The fourth-order valence-electron chi connectivity index (χ4n) is 2.07. The van der Waals surface area contributed by atoms with Crippen molar-refractivity contribution in [2.75, 3.05) is 20.3 Å². The summed E-state index contributed by atoms with van der Waals surface area (Å²) in [6.45, 7) is 4.59. The average molecular weight is 234 g/mol. The molecular formula is C14H18O3. The maximum atomic E-state index is 9.27. The molecule has 1 aromatic carbocycles. The Kier molecular flexibility index (Phi) is 3.82. The smallest absolute Gasteiger partial charge is 0.118 e. The van der Waals surface area contributed by atoms with Gasteiger partial charge in [0.15, 0.2) is 0 Å². The van der Waals surface area contributed by atoms with Crippen LogP contribution in [-0.2, 0) is 4.74 Å². The zero-order chi connectivity index (χ0) is 12.3. The van der Waals surface area contributed by atoms with E-state index in [9.17, 15) is 5.11 Å². The van der Waals surface area contributed by atoms with Crippen LogP contribution < -0.4 is 4.74 Å². The van der Waals surface area contributed by atoms with Gasteiger partial charge in [0.25, 0.3) is 0 Å². The van der Waals surface area contributed by atoms with Crippen LogP contribution in [0.2, 0.25) is 0 Å². The lowest BCUT2D eigenvalue weighted by Gasteiger charge is -2.30. The first kappa shape index (κ1) is 12.1. The van der Waals surface area contributed by atoms with E-state index in [1.54, 1.807) is 7.11 Å². The molecule has 1 heterocycles. The summed E-state index contributed by atoms with van der Waals surface area (Å²) >= 11 is 0. The highest BCUT2D eigenvalue weighted by atomic mass is 16.5. The zero-order valence-corrected chi connectivity index (χ0v) is 10.1. The van der Waals surface area contributed by atoms with Gasteiger partial charge in [-0.2, -0.15) is 0 Å². The van der Waals surface area contributed by atoms with E-state index >= 15 is 0 Å². The molecule has 17 heavy (non-hydrogen) atoms. The van der Waals surface area contributed by atoms with Crippen molar-refractivity contribution in [2.45, 2.75) is 12.5 Å². The van der Waals surface area contributed by atoms with Crippen molar-refractivity contribution in [3.63, 3.8) is 0 Å². The van der Waals surface area contributed by atoms with E-state index in [0.717, 1.165) is 23.3 Å². The molecule has 0 spiro atoms. The van der Waals surface area contributed by atoms with Crippen molar-refractivity contribution in [3.8, 4) is 5.75 Å². The summed E-state index contributed by atoms with van der Waals surface area (Å²) in [6, 6.07) is 7.87. The Hall–Kier alpha value is -1.32. The summed E-state index contributed by atoms with van der Waals surface area (Å²) in [4.78, 5) is 0. The Morgan fingerprint density at radius 3 is 2.71 bits per heavy atom. The van der Waals surface area contributed by atoms with Crippen LogP contribution in [0.5, 0.6) is 5.75 Å². The zero-order valence-electron chi connectivity index (χ0n) is 10.1. The second-order valence-corrected chi connectivity index (χ2v) is 4.35. The van der Waals surface area contributed by atoms with Gasteiger partial charge < -0.3 is 14.6 Å². The van der Waals surface area contributed by atoms with Gasteiger partial charge in [0.05, 0.1) is 19.8 Å². The molecule has 1 aliphatic rings. The Labute approximate surface area is 102 Å². The summed E-state index contributed by atoms with van der Waals surface area (Å²) in [7, 11) is 1.65. The molecule has 1 aliphatic heterocycles. The van der Waals surface area contributed by atoms with Crippen LogP contribution in [0.4, 0.5) is 0 Å². The highest BCUT2D eigenvalue weighted by Crippen LogP contribution is 2.34. The van der Waals surface area contributed by atoms with Gasteiger partial charge in [0, 0.05) is 12.5 Å². The largest absolute Gasteiger partial charge is 0.497 e. The maximum absolute atomic E-state index is 9.27. The van der Waals surface area contributed by atoms with Crippen LogP contribution in [0.1, 0.15) is 18.1 Å². The molecule has 0 unspecified atom stereocenters. The van der Waals surface area contributed by atoms with E-state index in [2.05, 4.69) is 6.58 Å². The molecule has 0 radical (unpaired) electrons. The first-order valence-corrected chi connectivity index (χ1v) is 5.78. The number of rotatable bonds is 3. The highest BCUT2D eigenvalue weighted by molar-refractivity contribution is 5.29. The summed E-state index contributed by atoms with van der Waals surface area (Å²) < 4.78 is 10.9. The second kappa shape index (κ2) is 5.34. The standard InChI is InChI=1S/C14H18O3/c1-10-9-17-14(7-12(10)8-15)11-3-5-13(16-2)6-4-11/h3-6,12,14-15H,1,7-9H2,2H3/t12-,14+/m0/s1. The predicted octanol–water partition coefficient (Wildman–Crippen LogP) is 2.32. The van der Waals surface area contributed by atoms with E-state index in [1.165, 1.54) is 0 Å². The number of aliphatic hydroxyl groups excluding tert-OH is 1. The molecular weight excluding hydrogens is 216 g/mol. The van der Waals surface area contributed by atoms with Crippen LogP contribution in [-0.4, -0.2) is 25.4 Å². The Morgan fingerprint density at radius 1 is 1.41 bits per heavy atom. The molecule has 0 aliphatic carbocycles. The van der Waals surface area contributed by atoms with Crippen molar-refractivity contribution < 1.29 is 14.6 Å². The van der Waals surface area contributed by atoms with E-state index in [0.29, 0.717) is 6.61 Å². The third-order valence-electron chi connectivity index (χ3n) is 3.25. The number of hydrogen-bond donors (Lipinski definition) is 1. The molecule has 2 atom stereocenters. The van der Waals surface area contributed by atoms with E-state index < -0.39 is 0 Å². The average Bonchev–Trinajstić information content (AvgIpc) is 2.39. The minimum absolute atomic E-state index is 0.0450. The molecule has 1 fully saturated rings. The lowest BCUT2D eigenvalue weighted by Crippen LogP contribution is -2.24. The summed E-state index contributed by atoms with van der Waals surface area (Å²) in [5.41, 5.74) is 2.11. The van der Waals surface area contributed by atoms with Gasteiger partial charge in [-0.3, -0.25) is 0 Å². The fraction of sp³-hybridized carbons (Fsp3) is 0.429. The molecule has 0 aromatic heterocycles. The van der Waals surface area contributed by atoms with E-state index in [1.807, 2.05) is 24.3 Å². The first-order chi connectivity index (χ1) is 8.24. The molecule has 0 saturated carbocycles. The van der Waals surface area contributed by atoms with Crippen molar-refractivity contribution >= 4 is 0 Å². The predicted molar refractivity (Wildman–Crippen MR) is 66.0 cm³/mol. The molecule has 2 rings (SSSR count). The van der Waals surface area contributed by atoms with Crippen molar-refractivity contribution in [1.29, 1.82) is 0 Å². The van der Waals surface area contributed by atoms with Gasteiger partial charge in [-0.15, -0.1) is 0 Å². The van der Waals surface area contributed by atoms with Crippen molar-refractivity contribution in [1.82, 2.24) is 0 Å². The summed E-state index contributed by atoms with van der Waals surface area (Å²) in [6.07, 6.45) is 0.838. The van der Waals surface area contributed by atoms with Gasteiger partial charge in [0.2, 0.25) is 0 Å². The van der Waals surface area contributed by atoms with Crippen LogP contribution in [0, 0.1) is 5.92 Å². The van der Waals surface area contributed by atoms with Crippen molar-refractivity contribution in [2.24, 2.45) is 5.92 Å². The molecule has 92 valence electrons. The van der Waals surface area contributed by atoms with Crippen LogP contribution >= 0.6 is 0 Å². The number of hydrogen-bond acceptors (Lipinski definition) is 3. The SMILES string of the molecule is C=C1CO[C@@H](c2ccc(OC)cc2)C[C@H]1CO. The molecule has 1 saturated heterocycles. The number of methoxy groups -OCH3 is 1. The monoisotopic (exact) mass is 234 g/mol. The lowest BCUT2D eigenvalue weighted by molar-refractivity contribution is 0.0117. The Morgan fingerprint density at radius 2 is 2.12 bits per heavy atom. The van der Waals surface area contributed by atoms with Crippen LogP contribution in [0.15, 0.2) is 36.4 Å². The van der Waals surface area contributed by atoms with Crippen LogP contribution in [0.3, 0.4) is 0 Å². The third kappa shape index (κ3) is 2.68. The quantitative estimate of drug-likeness (QED) is 0.816. The first-order valence-electron chi connectivity index (χ1n) is 5.78. The van der Waals surface area contributed by atoms with Gasteiger partial charge in [-0.05, 0) is 29.7 Å². The van der Waals surface area contributed by atoms with Crippen LogP contribution in [0.25, 0.3) is 0 Å². The fourth-order valence-corrected chi connectivity index (χ4v) is 2.07. The number of ether oxygens (including phenoxy) is 2. The van der Waals surface area contributed by atoms with Gasteiger partial charge in [-0.1, -0.05) is 18.7 Å². The van der Waals surface area contributed by atoms with E-state index in [4.69, 9.17) is 9.47 Å². The molecule has 3 nitrogen and oxygen atoms in total. The molecule has 0 amide bonds. The van der Waals surface area contributed by atoms with Gasteiger partial charge in [-0.25, -0.2) is 0 Å². The van der Waals surface area contributed by atoms with Gasteiger partial charge in [0.1, 0.15) is 5.75 Å². The van der Waals surface area contributed by atoms with Crippen molar-refractivity contribution in [3.05, 3.63) is 42.0 Å². The Bertz CT molecular complexity index is 383. The maximum Gasteiger partial charge on any atom is 0.118 e. The summed E-state index contributed by atoms with van der Waals surface area (Å²) in [5, 5.41) is 9.27. The molecule has 1 N–H and O–H groups in total. The minimum Gasteiger partial charge on any atom is -0.497 e. The van der Waals surface area contributed by atoms with E-state index in [-0.39, 0.29) is 18.6 Å². The number of benzene rings is 1. The highest BCUT2D eigenvalue weighted by Gasteiger charge is 2.25. The normalized spacial score (nSPS) is 24.7. The van der Waals surface area contributed by atoms with Gasteiger partial charge >= 0.3 is 0 Å². The molecule has 1 aromatic rings.